The van der Waals surface area contributed by atoms with Gasteiger partial charge < -0.3 is 15.1 Å². The lowest BCUT2D eigenvalue weighted by Gasteiger charge is -2.24. The highest BCUT2D eigenvalue weighted by atomic mass is 35.5. The average molecular weight is 364 g/mol. The lowest BCUT2D eigenvalue weighted by molar-refractivity contribution is -0.135. The van der Waals surface area contributed by atoms with E-state index in [0.29, 0.717) is 44.0 Å². The molecule has 3 rings (SSSR count). The highest BCUT2D eigenvalue weighted by Crippen LogP contribution is 2.17. The molecule has 3 amide bonds. The van der Waals surface area contributed by atoms with Crippen molar-refractivity contribution in [3.63, 3.8) is 0 Å². The number of amides is 3. The van der Waals surface area contributed by atoms with Gasteiger partial charge in [0, 0.05) is 37.6 Å². The van der Waals surface area contributed by atoms with Gasteiger partial charge in [-0.25, -0.2) is 0 Å². The number of rotatable bonds is 3. The van der Waals surface area contributed by atoms with Crippen molar-refractivity contribution < 1.29 is 14.4 Å². The smallest absolute Gasteiger partial charge is 0.245 e. The third-order valence-electron chi connectivity index (χ3n) is 4.75. The van der Waals surface area contributed by atoms with E-state index in [4.69, 9.17) is 11.6 Å². The van der Waals surface area contributed by atoms with Crippen molar-refractivity contribution in [2.24, 2.45) is 0 Å². The van der Waals surface area contributed by atoms with Crippen LogP contribution in [0.3, 0.4) is 0 Å². The third kappa shape index (κ3) is 4.31. The maximum Gasteiger partial charge on any atom is 0.245 e. The highest BCUT2D eigenvalue weighted by Gasteiger charge is 2.32. The van der Waals surface area contributed by atoms with Crippen molar-refractivity contribution in [2.45, 2.75) is 31.7 Å². The van der Waals surface area contributed by atoms with E-state index >= 15 is 0 Å². The van der Waals surface area contributed by atoms with Gasteiger partial charge in [-0.2, -0.15) is 0 Å². The zero-order valence-electron chi connectivity index (χ0n) is 14.0. The van der Waals surface area contributed by atoms with Gasteiger partial charge in [0.2, 0.25) is 17.7 Å². The summed E-state index contributed by atoms with van der Waals surface area (Å²) in [6.07, 6.45) is 1.98. The molecule has 2 heterocycles. The summed E-state index contributed by atoms with van der Waals surface area (Å²) in [6.45, 7) is 2.25. The van der Waals surface area contributed by atoms with Gasteiger partial charge in [0.15, 0.2) is 0 Å². The number of carbonyl (C=O) groups excluding carboxylic acids is 3. The monoisotopic (exact) mass is 363 g/mol. The van der Waals surface area contributed by atoms with E-state index in [2.05, 4.69) is 5.32 Å². The maximum absolute atomic E-state index is 12.6. The van der Waals surface area contributed by atoms with Crippen molar-refractivity contribution in [1.82, 2.24) is 15.1 Å². The van der Waals surface area contributed by atoms with Crippen LogP contribution in [0.4, 0.5) is 0 Å². The van der Waals surface area contributed by atoms with Crippen molar-refractivity contribution in [1.29, 1.82) is 0 Å². The fourth-order valence-electron chi connectivity index (χ4n) is 3.32. The minimum absolute atomic E-state index is 0.0246. The first-order chi connectivity index (χ1) is 12.0. The molecule has 0 aromatic heterocycles. The molecule has 7 heteroatoms. The molecule has 1 atom stereocenters. The van der Waals surface area contributed by atoms with Gasteiger partial charge in [0.25, 0.3) is 0 Å². The highest BCUT2D eigenvalue weighted by molar-refractivity contribution is 6.31. The van der Waals surface area contributed by atoms with E-state index in [-0.39, 0.29) is 24.1 Å². The summed E-state index contributed by atoms with van der Waals surface area (Å²) in [5, 5.41) is 3.32. The Morgan fingerprint density at radius 1 is 1.12 bits per heavy atom. The van der Waals surface area contributed by atoms with Crippen LogP contribution < -0.4 is 5.32 Å². The van der Waals surface area contributed by atoms with E-state index in [1.54, 1.807) is 15.9 Å². The van der Waals surface area contributed by atoms with E-state index in [1.807, 2.05) is 18.2 Å². The number of carbonyl (C=O) groups is 3. The first-order valence-electron chi connectivity index (χ1n) is 8.64. The Bertz CT molecular complexity index is 679. The standard InChI is InChI=1S/C18H22ClN3O3/c19-14-5-2-1-4-13(14)12-17(24)21-8-3-9-22(11-10-21)18(25)15-6-7-16(23)20-15/h1-2,4-5,15H,3,6-12H2,(H,20,23). The molecule has 134 valence electrons. The predicted molar refractivity (Wildman–Crippen MR) is 94.1 cm³/mol. The van der Waals surface area contributed by atoms with E-state index in [1.165, 1.54) is 0 Å². The molecule has 0 aliphatic carbocycles. The number of nitrogens with zero attached hydrogens (tertiary/aromatic N) is 2. The summed E-state index contributed by atoms with van der Waals surface area (Å²) < 4.78 is 0. The molecule has 1 unspecified atom stereocenters. The average Bonchev–Trinajstić information content (AvgIpc) is 2.89. The molecule has 0 saturated carbocycles. The van der Waals surface area contributed by atoms with Crippen molar-refractivity contribution in [3.05, 3.63) is 34.9 Å². The SMILES string of the molecule is O=C1CCC(C(=O)N2CCCN(C(=O)Cc3ccccc3Cl)CC2)N1. The number of hydrogen-bond acceptors (Lipinski definition) is 3. The molecule has 1 aromatic rings. The largest absolute Gasteiger partial charge is 0.344 e. The van der Waals surface area contributed by atoms with Crippen molar-refractivity contribution in [3.8, 4) is 0 Å². The Hall–Kier alpha value is -2.08. The molecule has 1 N–H and O–H groups in total. The fraction of sp³-hybridized carbons (Fsp3) is 0.500. The topological polar surface area (TPSA) is 69.7 Å². The molecule has 0 radical (unpaired) electrons. The Labute approximate surface area is 152 Å². The summed E-state index contributed by atoms with van der Waals surface area (Å²) in [6, 6.07) is 6.94. The van der Waals surface area contributed by atoms with Crippen LogP contribution >= 0.6 is 11.6 Å². The Kier molecular flexibility index (Phi) is 5.58. The summed E-state index contributed by atoms with van der Waals surface area (Å²) in [5.74, 6) is -0.0764. The maximum atomic E-state index is 12.6. The van der Waals surface area contributed by atoms with Crippen LogP contribution in [0.5, 0.6) is 0 Å². The van der Waals surface area contributed by atoms with E-state index < -0.39 is 6.04 Å². The second-order valence-electron chi connectivity index (χ2n) is 6.49. The van der Waals surface area contributed by atoms with Crippen LogP contribution in [-0.2, 0) is 20.8 Å². The molecule has 1 aromatic carbocycles. The van der Waals surface area contributed by atoms with E-state index in [9.17, 15) is 14.4 Å². The van der Waals surface area contributed by atoms with Crippen LogP contribution in [0.25, 0.3) is 0 Å². The summed E-state index contributed by atoms with van der Waals surface area (Å²) in [4.78, 5) is 39.9. The van der Waals surface area contributed by atoms with Crippen molar-refractivity contribution >= 4 is 29.3 Å². The van der Waals surface area contributed by atoms with Gasteiger partial charge in [-0.3, -0.25) is 14.4 Å². The van der Waals surface area contributed by atoms with Gasteiger partial charge in [0.1, 0.15) is 6.04 Å². The predicted octanol–water partition coefficient (Wildman–Crippen LogP) is 1.22. The van der Waals surface area contributed by atoms with Crippen LogP contribution in [0.2, 0.25) is 5.02 Å². The zero-order valence-corrected chi connectivity index (χ0v) is 14.8. The first kappa shape index (κ1) is 17.7. The minimum atomic E-state index is -0.405. The lowest BCUT2D eigenvalue weighted by Crippen LogP contribution is -2.46. The molecule has 0 spiro atoms. The second kappa shape index (κ2) is 7.87. The Morgan fingerprint density at radius 3 is 2.56 bits per heavy atom. The number of hydrogen-bond donors (Lipinski definition) is 1. The number of halogens is 1. The molecule has 2 aliphatic rings. The molecular formula is C18H22ClN3O3. The van der Waals surface area contributed by atoms with E-state index in [0.717, 1.165) is 12.0 Å². The van der Waals surface area contributed by atoms with Gasteiger partial charge in [-0.1, -0.05) is 29.8 Å². The van der Waals surface area contributed by atoms with Crippen molar-refractivity contribution in [2.75, 3.05) is 26.2 Å². The molecule has 0 bridgehead atoms. The molecule has 6 nitrogen and oxygen atoms in total. The molecule has 2 fully saturated rings. The Balaban J connectivity index is 1.56. The molecule has 2 saturated heterocycles. The van der Waals surface area contributed by atoms with Gasteiger partial charge >= 0.3 is 0 Å². The van der Waals surface area contributed by atoms with Crippen LogP contribution in [0.15, 0.2) is 24.3 Å². The fourth-order valence-corrected chi connectivity index (χ4v) is 3.53. The number of benzene rings is 1. The quantitative estimate of drug-likeness (QED) is 0.878. The zero-order chi connectivity index (χ0) is 17.8. The van der Waals surface area contributed by atoms with Crippen LogP contribution in [-0.4, -0.2) is 59.7 Å². The van der Waals surface area contributed by atoms with Gasteiger partial charge in [0.05, 0.1) is 6.42 Å². The summed E-state index contributed by atoms with van der Waals surface area (Å²) in [5.41, 5.74) is 0.819. The number of nitrogens with one attached hydrogen (secondary N) is 1. The lowest BCUT2D eigenvalue weighted by atomic mass is 10.1. The minimum Gasteiger partial charge on any atom is -0.344 e. The van der Waals surface area contributed by atoms with Gasteiger partial charge in [-0.05, 0) is 24.5 Å². The van der Waals surface area contributed by atoms with Gasteiger partial charge in [-0.15, -0.1) is 0 Å². The normalized spacial score (nSPS) is 21.0. The molecule has 2 aliphatic heterocycles. The van der Waals surface area contributed by atoms with Crippen LogP contribution in [0.1, 0.15) is 24.8 Å². The van der Waals surface area contributed by atoms with Crippen LogP contribution in [0, 0.1) is 0 Å². The third-order valence-corrected chi connectivity index (χ3v) is 5.12. The summed E-state index contributed by atoms with van der Waals surface area (Å²) >= 11 is 6.13. The molecule has 25 heavy (non-hydrogen) atoms. The first-order valence-corrected chi connectivity index (χ1v) is 9.02. The second-order valence-corrected chi connectivity index (χ2v) is 6.89. The summed E-state index contributed by atoms with van der Waals surface area (Å²) in [7, 11) is 0. The Morgan fingerprint density at radius 2 is 1.84 bits per heavy atom. The molecular weight excluding hydrogens is 342 g/mol.